The summed E-state index contributed by atoms with van der Waals surface area (Å²) in [5.41, 5.74) is 12.1. The summed E-state index contributed by atoms with van der Waals surface area (Å²) in [5, 5.41) is 0. The smallest absolute Gasteiger partial charge is 0.0903 e. The highest BCUT2D eigenvalue weighted by Crippen LogP contribution is 2.45. The second-order valence-corrected chi connectivity index (χ2v) is 13.3. The van der Waals surface area contributed by atoms with Crippen molar-refractivity contribution in [1.82, 2.24) is 4.90 Å². The van der Waals surface area contributed by atoms with Crippen molar-refractivity contribution in [3.8, 4) is 0 Å². The van der Waals surface area contributed by atoms with Gasteiger partial charge in [0.1, 0.15) is 0 Å². The van der Waals surface area contributed by atoms with Crippen LogP contribution in [-0.2, 0) is 11.0 Å². The average Bonchev–Trinajstić information content (AvgIpc) is 3.09. The third-order valence-corrected chi connectivity index (χ3v) is 9.80. The molecule has 5 rings (SSSR count). The van der Waals surface area contributed by atoms with Crippen LogP contribution in [0.5, 0.6) is 0 Å². The summed E-state index contributed by atoms with van der Waals surface area (Å²) in [6.45, 7) is 16.7. The van der Waals surface area contributed by atoms with E-state index in [4.69, 9.17) is 0 Å². The number of nitrogens with zero attached hydrogens (tertiary/aromatic N) is 2. The number of rotatable bonds is 8. The molecule has 2 nitrogen and oxygen atoms in total. The lowest BCUT2D eigenvalue weighted by molar-refractivity contribution is 0.256. The minimum absolute atomic E-state index is 0.114. The fourth-order valence-corrected chi connectivity index (χ4v) is 7.35. The molecule has 0 fully saturated rings. The lowest BCUT2D eigenvalue weighted by atomic mass is 9.71. The molecule has 0 spiro atoms. The third-order valence-electron chi connectivity index (χ3n) is 9.80. The molecule has 0 bridgehead atoms. The predicted molar refractivity (Wildman–Crippen MR) is 199 cm³/mol. The molecule has 0 atom stereocenters. The van der Waals surface area contributed by atoms with Gasteiger partial charge < -0.3 is 4.90 Å². The highest BCUT2D eigenvalue weighted by Gasteiger charge is 2.35. The minimum atomic E-state index is -0.440. The van der Waals surface area contributed by atoms with E-state index in [2.05, 4.69) is 193 Å². The molecule has 0 saturated carbocycles. The quantitative estimate of drug-likeness (QED) is 0.235. The van der Waals surface area contributed by atoms with E-state index >= 15 is 0 Å². The first kappa shape index (κ1) is 33.0. The minimum Gasteiger partial charge on any atom is -0.338 e. The van der Waals surface area contributed by atoms with Gasteiger partial charge in [-0.05, 0) is 98.8 Å². The molecule has 0 unspecified atom stereocenters. The maximum atomic E-state index is 4.64. The number of anilines is 1. The molecule has 46 heavy (non-hydrogen) atoms. The van der Waals surface area contributed by atoms with Crippen LogP contribution in [0.25, 0.3) is 0 Å². The zero-order valence-electron chi connectivity index (χ0n) is 28.8. The van der Waals surface area contributed by atoms with Gasteiger partial charge in [-0.1, -0.05) is 141 Å². The molecule has 0 radical (unpaired) electrons. The summed E-state index contributed by atoms with van der Waals surface area (Å²) in [5.74, 6) is 0. The molecule has 1 heterocycles. The number of fused-ring (bicyclic) bond motifs is 1. The Morgan fingerprint density at radius 1 is 0.935 bits per heavy atom. The first-order valence-electron chi connectivity index (χ1n) is 16.6. The van der Waals surface area contributed by atoms with Crippen molar-refractivity contribution in [2.75, 3.05) is 25.5 Å². The summed E-state index contributed by atoms with van der Waals surface area (Å²) in [7, 11) is 4.35. The first-order valence-corrected chi connectivity index (χ1v) is 16.6. The third kappa shape index (κ3) is 6.32. The van der Waals surface area contributed by atoms with Crippen molar-refractivity contribution in [2.24, 2.45) is 0 Å². The van der Waals surface area contributed by atoms with E-state index in [0.29, 0.717) is 6.54 Å². The molecular formula is C44H50N2. The molecule has 3 aromatic rings. The van der Waals surface area contributed by atoms with Gasteiger partial charge in [0.25, 0.3) is 0 Å². The Bertz CT molecular complexity index is 1700. The second-order valence-electron chi connectivity index (χ2n) is 13.3. The van der Waals surface area contributed by atoms with Crippen molar-refractivity contribution in [1.29, 1.82) is 0 Å². The van der Waals surface area contributed by atoms with Crippen LogP contribution in [0.15, 0.2) is 168 Å². The fourth-order valence-electron chi connectivity index (χ4n) is 7.35. The molecule has 0 aromatic heterocycles. The zero-order chi connectivity index (χ0) is 32.9. The van der Waals surface area contributed by atoms with Gasteiger partial charge in [-0.15, -0.1) is 0 Å². The average molecular weight is 607 g/mol. The largest absolute Gasteiger partial charge is 0.338 e. The summed E-state index contributed by atoms with van der Waals surface area (Å²) < 4.78 is 0. The van der Waals surface area contributed by atoms with Gasteiger partial charge in [0, 0.05) is 23.3 Å². The van der Waals surface area contributed by atoms with Crippen LogP contribution in [0, 0.1) is 0 Å². The molecule has 1 aliphatic carbocycles. The summed E-state index contributed by atoms with van der Waals surface area (Å²) in [4.78, 5) is 4.72. The first-order chi connectivity index (χ1) is 22.1. The molecular weight excluding hydrogens is 556 g/mol. The van der Waals surface area contributed by atoms with Crippen LogP contribution >= 0.6 is 0 Å². The standard InChI is InChI=1S/C44H50N2/c1-9-20-36(34(3)32-44(45(7)8,37-21-12-10-13-22-37)38-23-14-11-15-24-38)29-30-46-35(4)31-33(2)39-25-16-17-26-40(39)43(5,6)41-27-18-19-28-42(41)46/h9-16,18-25,27-29,31-32H,4,17,26,30H2,1-3,5-8H3/b20-9-,33-31+,34-32+,36-29+. The lowest BCUT2D eigenvalue weighted by Crippen LogP contribution is -2.41. The molecule has 3 aromatic carbocycles. The zero-order valence-corrected chi connectivity index (χ0v) is 28.8. The van der Waals surface area contributed by atoms with E-state index in [-0.39, 0.29) is 5.41 Å². The predicted octanol–water partition coefficient (Wildman–Crippen LogP) is 10.8. The summed E-state index contributed by atoms with van der Waals surface area (Å²) in [6, 6.07) is 30.6. The van der Waals surface area contributed by atoms with Crippen LogP contribution < -0.4 is 4.90 Å². The number of benzene rings is 3. The van der Waals surface area contributed by atoms with E-state index in [0.717, 1.165) is 18.5 Å². The van der Waals surface area contributed by atoms with Crippen LogP contribution in [0.4, 0.5) is 5.69 Å². The van der Waals surface area contributed by atoms with Crippen molar-refractivity contribution < 1.29 is 0 Å². The van der Waals surface area contributed by atoms with E-state index in [1.807, 2.05) is 0 Å². The van der Waals surface area contributed by atoms with Gasteiger partial charge in [0.05, 0.1) is 5.54 Å². The Balaban J connectivity index is 1.63. The number of likely N-dealkylation sites (N-methyl/N-ethyl adjacent to an activating group) is 1. The number of hydrogen-bond acceptors (Lipinski definition) is 2. The number of para-hydroxylation sites is 1. The molecule has 2 aliphatic rings. The number of allylic oxidation sites excluding steroid dienone is 10. The van der Waals surface area contributed by atoms with Crippen LogP contribution in [0.2, 0.25) is 0 Å². The van der Waals surface area contributed by atoms with Gasteiger partial charge in [-0.2, -0.15) is 0 Å². The Kier molecular flexibility index (Phi) is 9.99. The Morgan fingerprint density at radius 3 is 2.15 bits per heavy atom. The van der Waals surface area contributed by atoms with E-state index < -0.39 is 5.54 Å². The van der Waals surface area contributed by atoms with Crippen molar-refractivity contribution in [2.45, 2.75) is 58.4 Å². The Morgan fingerprint density at radius 2 is 1.54 bits per heavy atom. The molecule has 0 saturated heterocycles. The van der Waals surface area contributed by atoms with E-state index in [9.17, 15) is 0 Å². The summed E-state index contributed by atoms with van der Waals surface area (Å²) >= 11 is 0. The Labute approximate surface area is 278 Å². The van der Waals surface area contributed by atoms with Gasteiger partial charge in [0.2, 0.25) is 0 Å². The maximum absolute atomic E-state index is 4.64. The van der Waals surface area contributed by atoms with E-state index in [1.54, 1.807) is 0 Å². The molecule has 236 valence electrons. The van der Waals surface area contributed by atoms with E-state index in [1.165, 1.54) is 50.2 Å². The normalized spacial score (nSPS) is 18.6. The molecule has 0 amide bonds. The highest BCUT2D eigenvalue weighted by atomic mass is 15.1. The Hall–Kier alpha value is -4.40. The van der Waals surface area contributed by atoms with Crippen molar-refractivity contribution in [3.63, 3.8) is 0 Å². The monoisotopic (exact) mass is 606 g/mol. The van der Waals surface area contributed by atoms with Gasteiger partial charge in [-0.25, -0.2) is 0 Å². The molecule has 0 N–H and O–H groups in total. The molecule has 1 aliphatic heterocycles. The van der Waals surface area contributed by atoms with Crippen LogP contribution in [0.1, 0.15) is 64.2 Å². The van der Waals surface area contributed by atoms with Crippen molar-refractivity contribution in [3.05, 3.63) is 184 Å². The van der Waals surface area contributed by atoms with Crippen LogP contribution in [0.3, 0.4) is 0 Å². The SMILES string of the molecule is C=C1/C=C(\C)C2=C(CCC=C2)C(C)(C)c2ccccc2N1C/C=C(\C=C/C)C(/C)=C/C(c1ccccc1)(c1ccccc1)N(C)C. The van der Waals surface area contributed by atoms with Gasteiger partial charge in [-0.3, -0.25) is 4.90 Å². The second kappa shape index (κ2) is 13.9. The number of hydrogen-bond donors (Lipinski definition) is 0. The van der Waals surface area contributed by atoms with Crippen molar-refractivity contribution >= 4 is 5.69 Å². The van der Waals surface area contributed by atoms with Crippen LogP contribution in [-0.4, -0.2) is 25.5 Å². The highest BCUT2D eigenvalue weighted by molar-refractivity contribution is 5.67. The lowest BCUT2D eigenvalue weighted by Gasteiger charge is -2.39. The summed E-state index contributed by atoms with van der Waals surface area (Å²) in [6.07, 6.45) is 18.3. The maximum Gasteiger partial charge on any atom is 0.0903 e. The van der Waals surface area contributed by atoms with Gasteiger partial charge >= 0.3 is 0 Å². The molecule has 2 heteroatoms. The topological polar surface area (TPSA) is 6.48 Å². The van der Waals surface area contributed by atoms with Gasteiger partial charge in [0.15, 0.2) is 0 Å². The fraction of sp³-hybridized carbons (Fsp3) is 0.273.